The Balaban J connectivity index is 0.000000283. The van der Waals surface area contributed by atoms with Crippen molar-refractivity contribution in [2.45, 2.75) is 78.2 Å². The Morgan fingerprint density at radius 2 is 0.508 bits per heavy atom. The average molecular weight is 1030 g/mol. The molecule has 0 aliphatic heterocycles. The minimum atomic E-state index is -1.50. The third kappa shape index (κ3) is 20.0. The van der Waals surface area contributed by atoms with Gasteiger partial charge >= 0.3 is 0 Å². The van der Waals surface area contributed by atoms with Crippen LogP contribution in [-0.4, -0.2) is 27.8 Å². The van der Waals surface area contributed by atoms with Crippen LogP contribution in [0.5, 0.6) is 0 Å². The minimum Gasteiger partial charge on any atom is -0.402 e. The van der Waals surface area contributed by atoms with Gasteiger partial charge in [0.25, 0.3) is 0 Å². The Morgan fingerprint density at radius 1 is 0.356 bits per heavy atom. The zero-order valence-corrected chi connectivity index (χ0v) is 42.7. The van der Waals surface area contributed by atoms with Gasteiger partial charge in [-0.2, -0.15) is 0 Å². The van der Waals surface area contributed by atoms with E-state index in [2.05, 4.69) is 233 Å². The molecule has 308 valence electrons. The van der Waals surface area contributed by atoms with Crippen molar-refractivity contribution in [1.82, 2.24) is 0 Å². The van der Waals surface area contributed by atoms with E-state index in [9.17, 15) is 0 Å². The molecule has 0 N–H and O–H groups in total. The van der Waals surface area contributed by atoms with Crippen LogP contribution in [0.2, 0.25) is 39.3 Å². The smallest absolute Gasteiger partial charge is 0.185 e. The SMILES string of the molecule is [C]#CC(C)(C)O[Si](C)(C)C.[C]#CC(C)(C)O[Si](C)(C)C.[Pt].c1ccc([PH+](c2ccccc2)c2ccccc2)cc1.c1ccc([PH+](c2ccccc2)c2ccccc2)cc1. The van der Waals surface area contributed by atoms with Gasteiger partial charge in [0.05, 0.1) is 15.8 Å². The van der Waals surface area contributed by atoms with Crippen molar-refractivity contribution in [2.24, 2.45) is 0 Å². The van der Waals surface area contributed by atoms with Crippen molar-refractivity contribution >= 4 is 64.3 Å². The second kappa shape index (κ2) is 25.2. The van der Waals surface area contributed by atoms with Crippen molar-refractivity contribution < 1.29 is 29.9 Å². The summed E-state index contributed by atoms with van der Waals surface area (Å²) in [6, 6.07) is 65.0. The quantitative estimate of drug-likeness (QED) is 0.0773. The summed E-state index contributed by atoms with van der Waals surface area (Å²) >= 11 is 0. The Hall–Kier alpha value is -3.66. The number of benzene rings is 6. The summed E-state index contributed by atoms with van der Waals surface area (Å²) in [5, 5.41) is 8.61. The molecule has 0 atom stereocenters. The fraction of sp³-hybridized carbons (Fsp3) is 0.231. The van der Waals surface area contributed by atoms with E-state index in [0.29, 0.717) is 0 Å². The molecule has 0 aliphatic carbocycles. The number of hydrogen-bond donors (Lipinski definition) is 0. The van der Waals surface area contributed by atoms with Crippen molar-refractivity contribution in [3.8, 4) is 11.8 Å². The maximum Gasteiger partial charge on any atom is 0.185 e. The largest absolute Gasteiger partial charge is 0.402 e. The molecule has 0 fully saturated rings. The predicted molar refractivity (Wildman–Crippen MR) is 264 cm³/mol. The molecule has 0 aliphatic rings. The summed E-state index contributed by atoms with van der Waals surface area (Å²) in [4.78, 5) is 0. The summed E-state index contributed by atoms with van der Waals surface area (Å²) in [5.74, 6) is 4.72. The fourth-order valence-corrected chi connectivity index (χ4v) is 14.5. The Labute approximate surface area is 376 Å². The monoisotopic (exact) mass is 1030 g/mol. The third-order valence-electron chi connectivity index (χ3n) is 8.10. The minimum absolute atomic E-state index is 0. The van der Waals surface area contributed by atoms with Crippen LogP contribution >= 0.6 is 15.8 Å². The van der Waals surface area contributed by atoms with E-state index in [1.807, 2.05) is 27.7 Å². The molecular weight excluding hydrogens is 970 g/mol. The van der Waals surface area contributed by atoms with Gasteiger partial charge in [-0.05, 0) is 153 Å². The Bertz CT molecular complexity index is 1760. The molecule has 0 heterocycles. The van der Waals surface area contributed by atoms with E-state index >= 15 is 0 Å². The van der Waals surface area contributed by atoms with Crippen molar-refractivity contribution in [1.29, 1.82) is 0 Å². The van der Waals surface area contributed by atoms with Crippen LogP contribution in [0.25, 0.3) is 0 Å². The molecular formula is C52H62O2P2PtSi2+2. The fourth-order valence-electron chi connectivity index (χ4n) is 6.21. The summed E-state index contributed by atoms with van der Waals surface area (Å²) in [6.45, 7) is 20.1. The molecule has 0 spiro atoms. The molecule has 59 heavy (non-hydrogen) atoms. The van der Waals surface area contributed by atoms with E-state index in [1.54, 1.807) is 0 Å². The normalized spacial score (nSPS) is 11.2. The van der Waals surface area contributed by atoms with Gasteiger partial charge in [0.2, 0.25) is 0 Å². The summed E-state index contributed by atoms with van der Waals surface area (Å²) in [5.41, 5.74) is -0.991. The zero-order valence-electron chi connectivity index (χ0n) is 36.5. The second-order valence-electron chi connectivity index (χ2n) is 16.6. The molecule has 6 rings (SSSR count). The third-order valence-corrected chi connectivity index (χ3v) is 15.8. The zero-order chi connectivity index (χ0) is 42.7. The molecule has 0 aromatic heterocycles. The first kappa shape index (κ1) is 51.5. The van der Waals surface area contributed by atoms with E-state index in [4.69, 9.17) is 21.7 Å². The van der Waals surface area contributed by atoms with Gasteiger partial charge in [0.1, 0.15) is 43.0 Å². The van der Waals surface area contributed by atoms with E-state index in [-0.39, 0.29) is 21.1 Å². The molecule has 6 aromatic carbocycles. The van der Waals surface area contributed by atoms with Gasteiger partial charge in [-0.15, -0.1) is 0 Å². The van der Waals surface area contributed by atoms with Crippen molar-refractivity contribution in [3.63, 3.8) is 0 Å². The van der Waals surface area contributed by atoms with Gasteiger partial charge in [0, 0.05) is 21.1 Å². The van der Waals surface area contributed by atoms with Gasteiger partial charge in [-0.1, -0.05) is 121 Å². The van der Waals surface area contributed by atoms with Gasteiger partial charge in [-0.3, -0.25) is 0 Å². The van der Waals surface area contributed by atoms with Crippen molar-refractivity contribution in [2.75, 3.05) is 0 Å². The molecule has 2 radical (unpaired) electrons. The second-order valence-corrected chi connectivity index (χ2v) is 30.5. The van der Waals surface area contributed by atoms with Crippen LogP contribution < -0.4 is 31.8 Å². The molecule has 2 nitrogen and oxygen atoms in total. The van der Waals surface area contributed by atoms with E-state index in [0.717, 1.165) is 0 Å². The van der Waals surface area contributed by atoms with Crippen LogP contribution in [0, 0.1) is 24.7 Å². The molecule has 7 heteroatoms. The molecule has 0 amide bonds. The number of hydrogen-bond acceptors (Lipinski definition) is 2. The first-order valence-electron chi connectivity index (χ1n) is 19.8. The number of rotatable bonds is 10. The van der Waals surface area contributed by atoms with Crippen LogP contribution in [0.4, 0.5) is 0 Å². The van der Waals surface area contributed by atoms with Crippen LogP contribution in [0.1, 0.15) is 27.7 Å². The van der Waals surface area contributed by atoms with Gasteiger partial charge < -0.3 is 8.85 Å². The average Bonchev–Trinajstić information content (AvgIpc) is 3.20. The van der Waals surface area contributed by atoms with E-state index < -0.39 is 43.7 Å². The maximum absolute atomic E-state index is 6.93. The van der Waals surface area contributed by atoms with Crippen LogP contribution in [0.3, 0.4) is 0 Å². The predicted octanol–water partition coefficient (Wildman–Crippen LogP) is 10.8. The standard InChI is InChI=1S/2C18H15P.2C8H15OSi.Pt/c2*1-4-10-16(11-5-1)19(17-12-6-2-7-13-17)18-14-8-3-9-15-18;2*1-7-8(2,3)9-10(4,5)6;/h2*1-15H;2*2-6H3;/p+2. The summed E-state index contributed by atoms with van der Waals surface area (Å²) < 4.78 is 11.2. The molecule has 0 saturated heterocycles. The Morgan fingerprint density at radius 3 is 0.610 bits per heavy atom. The molecule has 0 saturated carbocycles. The topological polar surface area (TPSA) is 18.5 Å². The molecule has 0 unspecified atom stereocenters. The maximum atomic E-state index is 6.93. The first-order chi connectivity index (χ1) is 27.4. The molecule has 6 aromatic rings. The van der Waals surface area contributed by atoms with Gasteiger partial charge in [0.15, 0.2) is 16.6 Å². The van der Waals surface area contributed by atoms with Crippen LogP contribution in [0.15, 0.2) is 182 Å². The Kier molecular flexibility index (Phi) is 22.0. The van der Waals surface area contributed by atoms with Gasteiger partial charge in [-0.25, -0.2) is 0 Å². The van der Waals surface area contributed by atoms with E-state index in [1.165, 1.54) is 31.8 Å². The molecule has 0 bridgehead atoms. The first-order valence-corrected chi connectivity index (χ1v) is 29.6. The summed E-state index contributed by atoms with van der Waals surface area (Å²) in [7, 11) is -4.75. The van der Waals surface area contributed by atoms with Crippen molar-refractivity contribution in [3.05, 3.63) is 195 Å². The van der Waals surface area contributed by atoms with Crippen LogP contribution in [-0.2, 0) is 29.9 Å². The summed E-state index contributed by atoms with van der Waals surface area (Å²) in [6.07, 6.45) is 13.9.